The Bertz CT molecular complexity index is 1120. The topological polar surface area (TPSA) is 75.7 Å². The van der Waals surface area contributed by atoms with Gasteiger partial charge in [0.15, 0.2) is 11.6 Å². The van der Waals surface area contributed by atoms with Crippen LogP contribution >= 0.6 is 11.3 Å². The van der Waals surface area contributed by atoms with Crippen molar-refractivity contribution in [1.29, 1.82) is 0 Å². The summed E-state index contributed by atoms with van der Waals surface area (Å²) in [4.78, 5) is 12.5. The SMILES string of the molecule is COc1ccccc1N(CC(=O)Nc1ccc(F)c(F)c1)S(=O)(=O)c1cccs1. The van der Waals surface area contributed by atoms with Crippen molar-refractivity contribution >= 4 is 38.6 Å². The van der Waals surface area contributed by atoms with E-state index in [4.69, 9.17) is 4.74 Å². The number of amides is 1. The molecule has 10 heteroatoms. The number of hydrogen-bond acceptors (Lipinski definition) is 5. The second-order valence-corrected chi connectivity index (χ2v) is 8.83. The van der Waals surface area contributed by atoms with Crippen molar-refractivity contribution < 1.29 is 26.7 Å². The van der Waals surface area contributed by atoms with Gasteiger partial charge in [0, 0.05) is 11.8 Å². The van der Waals surface area contributed by atoms with Crippen LogP contribution in [-0.4, -0.2) is 28.0 Å². The van der Waals surface area contributed by atoms with Crippen molar-refractivity contribution in [2.24, 2.45) is 0 Å². The van der Waals surface area contributed by atoms with Crippen LogP contribution in [0.4, 0.5) is 20.2 Å². The summed E-state index contributed by atoms with van der Waals surface area (Å²) >= 11 is 1.01. The minimum absolute atomic E-state index is 0.00222. The van der Waals surface area contributed by atoms with Gasteiger partial charge >= 0.3 is 0 Å². The lowest BCUT2D eigenvalue weighted by Crippen LogP contribution is -2.38. The van der Waals surface area contributed by atoms with Crippen LogP contribution in [0.5, 0.6) is 5.75 Å². The number of para-hydroxylation sites is 2. The average molecular weight is 438 g/mol. The van der Waals surface area contributed by atoms with Gasteiger partial charge in [-0.2, -0.15) is 0 Å². The third kappa shape index (κ3) is 4.54. The fourth-order valence-electron chi connectivity index (χ4n) is 2.56. The molecule has 0 saturated heterocycles. The van der Waals surface area contributed by atoms with Crippen LogP contribution in [0.2, 0.25) is 0 Å². The molecule has 0 radical (unpaired) electrons. The van der Waals surface area contributed by atoms with E-state index in [1.807, 2.05) is 0 Å². The van der Waals surface area contributed by atoms with Gasteiger partial charge in [-0.25, -0.2) is 17.2 Å². The smallest absolute Gasteiger partial charge is 0.274 e. The van der Waals surface area contributed by atoms with Crippen molar-refractivity contribution in [3.05, 3.63) is 71.6 Å². The van der Waals surface area contributed by atoms with E-state index in [-0.39, 0.29) is 21.3 Å². The van der Waals surface area contributed by atoms with E-state index in [2.05, 4.69) is 5.32 Å². The van der Waals surface area contributed by atoms with Crippen molar-refractivity contribution in [2.45, 2.75) is 4.21 Å². The summed E-state index contributed by atoms with van der Waals surface area (Å²) in [5, 5.41) is 3.98. The number of sulfonamides is 1. The highest BCUT2D eigenvalue weighted by Gasteiger charge is 2.30. The lowest BCUT2D eigenvalue weighted by molar-refractivity contribution is -0.114. The van der Waals surface area contributed by atoms with Crippen LogP contribution in [0.25, 0.3) is 0 Å². The molecule has 0 spiro atoms. The van der Waals surface area contributed by atoms with Gasteiger partial charge in [-0.05, 0) is 35.7 Å². The first-order valence-electron chi connectivity index (χ1n) is 8.27. The number of thiophene rings is 1. The van der Waals surface area contributed by atoms with Crippen molar-refractivity contribution in [3.63, 3.8) is 0 Å². The molecule has 0 saturated carbocycles. The zero-order valence-electron chi connectivity index (χ0n) is 15.1. The number of ether oxygens (including phenoxy) is 1. The van der Waals surface area contributed by atoms with E-state index in [1.165, 1.54) is 25.3 Å². The van der Waals surface area contributed by atoms with Crippen LogP contribution in [-0.2, 0) is 14.8 Å². The zero-order chi connectivity index (χ0) is 21.0. The number of anilines is 2. The van der Waals surface area contributed by atoms with Crippen LogP contribution in [0, 0.1) is 11.6 Å². The summed E-state index contributed by atoms with van der Waals surface area (Å²) in [7, 11) is -2.68. The number of halogens is 2. The third-order valence-corrected chi connectivity index (χ3v) is 7.02. The van der Waals surface area contributed by atoms with E-state index in [1.54, 1.807) is 29.6 Å². The molecule has 0 atom stereocenters. The molecule has 6 nitrogen and oxygen atoms in total. The standard InChI is InChI=1S/C19H16F2N2O4S2/c1-27-17-6-3-2-5-16(17)23(29(25,26)19-7-4-10-28-19)12-18(24)22-13-8-9-14(20)15(21)11-13/h2-11H,12H2,1H3,(H,22,24). The summed E-state index contributed by atoms with van der Waals surface area (Å²) in [5.41, 5.74) is 0.172. The maximum absolute atomic E-state index is 13.4. The number of benzene rings is 2. The summed E-state index contributed by atoms with van der Waals surface area (Å²) in [5.74, 6) is -2.66. The van der Waals surface area contributed by atoms with E-state index < -0.39 is 34.1 Å². The minimum atomic E-state index is -4.07. The van der Waals surface area contributed by atoms with Gasteiger partial charge in [0.1, 0.15) is 16.5 Å². The molecule has 0 aliphatic rings. The van der Waals surface area contributed by atoms with Crippen molar-refractivity contribution in [3.8, 4) is 5.75 Å². The first-order valence-corrected chi connectivity index (χ1v) is 10.6. The molecule has 0 aliphatic carbocycles. The van der Waals surface area contributed by atoms with Crippen LogP contribution in [0.15, 0.2) is 64.2 Å². The molecule has 0 bridgehead atoms. The van der Waals surface area contributed by atoms with Crippen molar-refractivity contribution in [2.75, 3.05) is 23.3 Å². The zero-order valence-corrected chi connectivity index (χ0v) is 16.8. The van der Waals surface area contributed by atoms with E-state index in [0.717, 1.165) is 27.8 Å². The fourth-order valence-corrected chi connectivity index (χ4v) is 5.10. The van der Waals surface area contributed by atoms with Gasteiger partial charge in [0.05, 0.1) is 12.8 Å². The van der Waals surface area contributed by atoms with Crippen LogP contribution in [0.1, 0.15) is 0 Å². The largest absolute Gasteiger partial charge is 0.495 e. The van der Waals surface area contributed by atoms with Crippen LogP contribution in [0.3, 0.4) is 0 Å². The summed E-state index contributed by atoms with van der Waals surface area (Å²) in [6.07, 6.45) is 0. The number of nitrogens with zero attached hydrogens (tertiary/aromatic N) is 1. The first-order chi connectivity index (χ1) is 13.8. The monoisotopic (exact) mass is 438 g/mol. The van der Waals surface area contributed by atoms with Gasteiger partial charge in [-0.1, -0.05) is 18.2 Å². The molecule has 1 aromatic heterocycles. The maximum Gasteiger partial charge on any atom is 0.274 e. The average Bonchev–Trinajstić information content (AvgIpc) is 3.25. The lowest BCUT2D eigenvalue weighted by atomic mass is 10.3. The molecule has 2 aromatic carbocycles. The number of carbonyl (C=O) groups is 1. The number of rotatable bonds is 7. The van der Waals surface area contributed by atoms with Gasteiger partial charge < -0.3 is 10.1 Å². The first kappa shape index (κ1) is 20.7. The molecule has 1 amide bonds. The lowest BCUT2D eigenvalue weighted by Gasteiger charge is -2.24. The summed E-state index contributed by atoms with van der Waals surface area (Å²) in [6, 6.07) is 12.2. The van der Waals surface area contributed by atoms with Crippen LogP contribution < -0.4 is 14.4 Å². The molecule has 3 rings (SSSR count). The second kappa shape index (κ2) is 8.58. The molecule has 3 aromatic rings. The van der Waals surface area contributed by atoms with Gasteiger partial charge in [-0.15, -0.1) is 11.3 Å². The van der Waals surface area contributed by atoms with E-state index in [0.29, 0.717) is 0 Å². The summed E-state index contributed by atoms with van der Waals surface area (Å²) in [6.45, 7) is -0.598. The maximum atomic E-state index is 13.4. The Morgan fingerprint density at radius 1 is 1.10 bits per heavy atom. The molecule has 0 aliphatic heterocycles. The predicted molar refractivity (Wildman–Crippen MR) is 107 cm³/mol. The second-order valence-electron chi connectivity index (χ2n) is 5.79. The van der Waals surface area contributed by atoms with E-state index in [9.17, 15) is 22.0 Å². The Labute approximate surface area is 170 Å². The quantitative estimate of drug-likeness (QED) is 0.608. The highest BCUT2D eigenvalue weighted by Crippen LogP contribution is 2.33. The molecule has 0 fully saturated rings. The van der Waals surface area contributed by atoms with Crippen molar-refractivity contribution in [1.82, 2.24) is 0 Å². The molecular weight excluding hydrogens is 422 g/mol. The molecule has 29 heavy (non-hydrogen) atoms. The Hall–Kier alpha value is -2.98. The summed E-state index contributed by atoms with van der Waals surface area (Å²) < 4.78 is 58.9. The number of methoxy groups -OCH3 is 1. The van der Waals surface area contributed by atoms with E-state index >= 15 is 0 Å². The fraction of sp³-hybridized carbons (Fsp3) is 0.105. The number of hydrogen-bond donors (Lipinski definition) is 1. The molecule has 0 unspecified atom stereocenters. The molecule has 152 valence electrons. The molecule has 1 N–H and O–H groups in total. The third-order valence-electron chi connectivity index (χ3n) is 3.88. The van der Waals surface area contributed by atoms with Gasteiger partial charge in [0.2, 0.25) is 5.91 Å². The molecule has 1 heterocycles. The Balaban J connectivity index is 1.95. The number of carbonyl (C=O) groups excluding carboxylic acids is 1. The Morgan fingerprint density at radius 3 is 2.52 bits per heavy atom. The Kier molecular flexibility index (Phi) is 6.14. The normalized spacial score (nSPS) is 11.1. The highest BCUT2D eigenvalue weighted by atomic mass is 32.2. The number of nitrogens with one attached hydrogen (secondary N) is 1. The van der Waals surface area contributed by atoms with Gasteiger partial charge in [0.25, 0.3) is 10.0 Å². The Morgan fingerprint density at radius 2 is 1.86 bits per heavy atom. The predicted octanol–water partition coefficient (Wildman–Crippen LogP) is 3.87. The van der Waals surface area contributed by atoms with Gasteiger partial charge in [-0.3, -0.25) is 9.10 Å². The minimum Gasteiger partial charge on any atom is -0.495 e. The highest BCUT2D eigenvalue weighted by molar-refractivity contribution is 7.94. The molecular formula is C19H16F2N2O4S2.